The summed E-state index contributed by atoms with van der Waals surface area (Å²) < 4.78 is 5.45. The van der Waals surface area contributed by atoms with Crippen molar-refractivity contribution in [1.29, 1.82) is 10.7 Å². The molecule has 1 aliphatic rings. The number of allylic oxidation sites excluding steroid dienone is 5. The predicted octanol–water partition coefficient (Wildman–Crippen LogP) is 5.18. The molecule has 0 spiro atoms. The maximum absolute atomic E-state index is 13.1. The van der Waals surface area contributed by atoms with E-state index >= 15 is 0 Å². The van der Waals surface area contributed by atoms with Gasteiger partial charge in [-0.3, -0.25) is 4.79 Å². The summed E-state index contributed by atoms with van der Waals surface area (Å²) in [5.41, 5.74) is 4.47. The first-order chi connectivity index (χ1) is 12.5. The quantitative estimate of drug-likeness (QED) is 0.419. The lowest BCUT2D eigenvalue weighted by Crippen LogP contribution is -2.14. The number of carbonyl (C=O) groups is 1. The van der Waals surface area contributed by atoms with Gasteiger partial charge in [-0.15, -0.1) is 0 Å². The minimum absolute atomic E-state index is 0.0536. The average Bonchev–Trinajstić information content (AvgIpc) is 2.65. The molecule has 4 heteroatoms. The Morgan fingerprint density at radius 3 is 2.65 bits per heavy atom. The van der Waals surface area contributed by atoms with Crippen LogP contribution in [0.2, 0.25) is 0 Å². The lowest BCUT2D eigenvalue weighted by molar-refractivity contribution is 0.103. The average molecular weight is 348 g/mol. The van der Waals surface area contributed by atoms with Crippen LogP contribution < -0.4 is 4.74 Å². The fourth-order valence-electron chi connectivity index (χ4n) is 2.83. The Morgan fingerprint density at radius 2 is 2.04 bits per heavy atom. The van der Waals surface area contributed by atoms with Gasteiger partial charge in [0.2, 0.25) is 0 Å². The number of nitriles is 1. The molecule has 1 aliphatic carbocycles. The van der Waals surface area contributed by atoms with Gasteiger partial charge in [0.1, 0.15) is 12.4 Å². The molecule has 2 rings (SSSR count). The van der Waals surface area contributed by atoms with E-state index in [1.165, 1.54) is 0 Å². The van der Waals surface area contributed by atoms with E-state index in [2.05, 4.69) is 6.58 Å². The highest BCUT2D eigenvalue weighted by Gasteiger charge is 2.25. The van der Waals surface area contributed by atoms with Gasteiger partial charge in [-0.25, -0.2) is 0 Å². The van der Waals surface area contributed by atoms with Gasteiger partial charge >= 0.3 is 0 Å². The van der Waals surface area contributed by atoms with E-state index in [1.807, 2.05) is 19.9 Å². The van der Waals surface area contributed by atoms with Crippen molar-refractivity contribution in [3.8, 4) is 11.8 Å². The molecule has 1 aromatic rings. The van der Waals surface area contributed by atoms with Gasteiger partial charge in [0.05, 0.1) is 12.5 Å². The predicted molar refractivity (Wildman–Crippen MR) is 104 cm³/mol. The van der Waals surface area contributed by atoms with Crippen LogP contribution in [0.4, 0.5) is 0 Å². The Labute approximate surface area is 155 Å². The number of nitrogens with zero attached hydrogens (tertiary/aromatic N) is 1. The first-order valence-electron chi connectivity index (χ1n) is 8.79. The van der Waals surface area contributed by atoms with E-state index in [1.54, 1.807) is 30.3 Å². The van der Waals surface area contributed by atoms with Crippen molar-refractivity contribution >= 4 is 11.5 Å². The zero-order valence-corrected chi connectivity index (χ0v) is 15.4. The second-order valence-corrected chi connectivity index (χ2v) is 6.31. The number of Topliss-reactive ketones (excluding diaryl/α,β-unsaturated/α-hetero) is 1. The third-order valence-electron chi connectivity index (χ3n) is 4.40. The molecular weight excluding hydrogens is 324 g/mol. The lowest BCUT2D eigenvalue weighted by atomic mass is 9.80. The first kappa shape index (κ1) is 19.4. The number of ketones is 1. The smallest absolute Gasteiger partial charge is 0.193 e. The van der Waals surface area contributed by atoms with Crippen LogP contribution in [-0.2, 0) is 0 Å². The summed E-state index contributed by atoms with van der Waals surface area (Å²) in [5.74, 6) is 0.584. The molecule has 1 aromatic carbocycles. The molecule has 0 amide bonds. The van der Waals surface area contributed by atoms with Gasteiger partial charge in [-0.1, -0.05) is 19.1 Å². The van der Waals surface area contributed by atoms with Crippen LogP contribution in [0, 0.1) is 16.7 Å². The number of benzene rings is 1. The first-order valence-corrected chi connectivity index (χ1v) is 8.79. The Bertz CT molecular complexity index is 821. The van der Waals surface area contributed by atoms with Gasteiger partial charge in [-0.2, -0.15) is 5.26 Å². The number of rotatable bonds is 7. The highest BCUT2D eigenvalue weighted by molar-refractivity contribution is 6.14. The monoisotopic (exact) mass is 348 g/mol. The van der Waals surface area contributed by atoms with Crippen molar-refractivity contribution in [2.75, 3.05) is 6.61 Å². The van der Waals surface area contributed by atoms with E-state index in [9.17, 15) is 4.79 Å². The molecule has 0 atom stereocenters. The summed E-state index contributed by atoms with van der Waals surface area (Å²) >= 11 is 0. The van der Waals surface area contributed by atoms with E-state index in [0.29, 0.717) is 42.0 Å². The largest absolute Gasteiger partial charge is 0.493 e. The molecule has 0 saturated heterocycles. The van der Waals surface area contributed by atoms with Gasteiger partial charge < -0.3 is 10.1 Å². The number of hydrogen-bond acceptors (Lipinski definition) is 4. The van der Waals surface area contributed by atoms with Gasteiger partial charge in [0, 0.05) is 16.8 Å². The fraction of sp³-hybridized carbons (Fsp3) is 0.318. The van der Waals surface area contributed by atoms with E-state index in [0.717, 1.165) is 29.6 Å². The molecule has 0 aliphatic heterocycles. The standard InChI is InChI=1S/C22H24N2O2/c1-4-18(24)14-20-15(2)6-7-16(3)21(20)22(25)17-8-10-19(11-9-17)26-13-5-12-23/h8-11,14,24H,2,4-7,13H2,1,3H3/b20-14+,24-18?. The summed E-state index contributed by atoms with van der Waals surface area (Å²) in [6.45, 7) is 8.33. The van der Waals surface area contributed by atoms with Crippen molar-refractivity contribution in [2.24, 2.45) is 0 Å². The molecule has 0 radical (unpaired) electrons. The fourth-order valence-corrected chi connectivity index (χ4v) is 2.83. The summed E-state index contributed by atoms with van der Waals surface area (Å²) in [6, 6.07) is 9.00. The molecule has 0 saturated carbocycles. The van der Waals surface area contributed by atoms with Crippen molar-refractivity contribution < 1.29 is 9.53 Å². The van der Waals surface area contributed by atoms with Crippen molar-refractivity contribution in [1.82, 2.24) is 0 Å². The molecule has 26 heavy (non-hydrogen) atoms. The Morgan fingerprint density at radius 1 is 1.35 bits per heavy atom. The topological polar surface area (TPSA) is 73.9 Å². The molecule has 0 fully saturated rings. The van der Waals surface area contributed by atoms with Crippen LogP contribution in [-0.4, -0.2) is 18.1 Å². The van der Waals surface area contributed by atoms with Crippen LogP contribution in [0.25, 0.3) is 0 Å². The van der Waals surface area contributed by atoms with Crippen LogP contribution in [0.15, 0.2) is 59.2 Å². The highest BCUT2D eigenvalue weighted by Crippen LogP contribution is 2.35. The molecule has 0 unspecified atom stereocenters. The van der Waals surface area contributed by atoms with Gasteiger partial charge in [0.25, 0.3) is 0 Å². The highest BCUT2D eigenvalue weighted by atomic mass is 16.5. The molecular formula is C22H24N2O2. The van der Waals surface area contributed by atoms with Crippen LogP contribution in [0.1, 0.15) is 49.9 Å². The maximum Gasteiger partial charge on any atom is 0.193 e. The van der Waals surface area contributed by atoms with E-state index in [4.69, 9.17) is 15.4 Å². The number of nitrogens with one attached hydrogen (secondary N) is 1. The van der Waals surface area contributed by atoms with Gasteiger partial charge in [-0.05, 0) is 67.7 Å². The normalized spacial score (nSPS) is 15.7. The molecule has 0 bridgehead atoms. The molecule has 0 heterocycles. The SMILES string of the molecule is C=C1CCC(C)=C(C(=O)c2ccc(OCCC#N)cc2)/C1=C/C(=N)CC. The molecule has 4 nitrogen and oxygen atoms in total. The maximum atomic E-state index is 13.1. The number of carbonyl (C=O) groups excluding carboxylic acids is 1. The van der Waals surface area contributed by atoms with E-state index < -0.39 is 0 Å². The van der Waals surface area contributed by atoms with Gasteiger partial charge in [0.15, 0.2) is 5.78 Å². The van der Waals surface area contributed by atoms with Crippen LogP contribution in [0.3, 0.4) is 0 Å². The number of hydrogen-bond donors (Lipinski definition) is 1. The third kappa shape index (κ3) is 4.58. The minimum Gasteiger partial charge on any atom is -0.493 e. The molecule has 1 N–H and O–H groups in total. The molecule has 0 aromatic heterocycles. The second-order valence-electron chi connectivity index (χ2n) is 6.31. The third-order valence-corrected chi connectivity index (χ3v) is 4.40. The summed E-state index contributed by atoms with van der Waals surface area (Å²) in [7, 11) is 0. The van der Waals surface area contributed by atoms with Crippen molar-refractivity contribution in [2.45, 2.75) is 39.5 Å². The zero-order valence-electron chi connectivity index (χ0n) is 15.4. The summed E-state index contributed by atoms with van der Waals surface area (Å²) in [5, 5.41) is 16.5. The number of ether oxygens (including phenoxy) is 1. The van der Waals surface area contributed by atoms with Crippen LogP contribution in [0.5, 0.6) is 5.75 Å². The minimum atomic E-state index is -0.0536. The van der Waals surface area contributed by atoms with Crippen molar-refractivity contribution in [3.05, 3.63) is 64.8 Å². The second kappa shape index (κ2) is 8.96. The Kier molecular flexibility index (Phi) is 6.68. The summed E-state index contributed by atoms with van der Waals surface area (Å²) in [4.78, 5) is 13.1. The Hall–Kier alpha value is -2.93. The Balaban J connectivity index is 2.30. The lowest BCUT2D eigenvalue weighted by Gasteiger charge is -2.23. The molecule has 134 valence electrons. The van der Waals surface area contributed by atoms with E-state index in [-0.39, 0.29) is 5.78 Å². The van der Waals surface area contributed by atoms with Crippen molar-refractivity contribution in [3.63, 3.8) is 0 Å². The zero-order chi connectivity index (χ0) is 19.1. The summed E-state index contributed by atoms with van der Waals surface area (Å²) in [6.07, 6.45) is 4.35. The van der Waals surface area contributed by atoms with Crippen LogP contribution >= 0.6 is 0 Å².